The molecule has 0 saturated carbocycles. The Morgan fingerprint density at radius 3 is 1.07 bits per heavy atom. The lowest BCUT2D eigenvalue weighted by Crippen LogP contribution is -2.21. The summed E-state index contributed by atoms with van der Waals surface area (Å²) in [5, 5.41) is 24.4. The average Bonchev–Trinajstić information content (AvgIpc) is 3.26. The van der Waals surface area contributed by atoms with E-state index in [1.54, 1.807) is 18.2 Å². The van der Waals surface area contributed by atoms with Crippen molar-refractivity contribution in [1.82, 2.24) is 0 Å². The zero-order chi connectivity index (χ0) is 39.3. The zero-order valence-corrected chi connectivity index (χ0v) is 31.3. The van der Waals surface area contributed by atoms with Crippen LogP contribution in [0.25, 0.3) is 21.5 Å². The SMILES string of the molecule is OB(O)Oc1c(Oc2cc(N(c3ccccc3)c3ccccc3)c3ccccc3c2)cccc1Oc1cc(N(c2ccccc2)c2ccccc2)c2ccccc2c1. The maximum absolute atomic E-state index is 10.2. The highest BCUT2D eigenvalue weighted by Gasteiger charge is 2.24. The van der Waals surface area contributed by atoms with Crippen LogP contribution in [0.1, 0.15) is 0 Å². The summed E-state index contributed by atoms with van der Waals surface area (Å²) in [5.74, 6) is 1.50. The van der Waals surface area contributed by atoms with Crippen LogP contribution >= 0.6 is 0 Å². The largest absolute Gasteiger partial charge is 0.707 e. The third-order valence-electron chi connectivity index (χ3n) is 9.79. The fourth-order valence-electron chi connectivity index (χ4n) is 7.31. The van der Waals surface area contributed by atoms with Crippen LogP contribution < -0.4 is 23.9 Å². The molecule has 9 aromatic rings. The molecule has 0 amide bonds. The quantitative estimate of drug-likeness (QED) is 0.120. The second-order valence-electron chi connectivity index (χ2n) is 13.6. The first kappa shape index (κ1) is 36.1. The first-order chi connectivity index (χ1) is 28.6. The van der Waals surface area contributed by atoms with Gasteiger partial charge in [-0.05, 0) is 83.6 Å². The molecule has 0 saturated heterocycles. The van der Waals surface area contributed by atoms with Crippen LogP contribution in [0, 0.1) is 0 Å². The molecule has 0 aliphatic heterocycles. The van der Waals surface area contributed by atoms with Gasteiger partial charge in [0.1, 0.15) is 11.5 Å². The fourth-order valence-corrected chi connectivity index (χ4v) is 7.31. The second kappa shape index (κ2) is 16.3. The van der Waals surface area contributed by atoms with E-state index in [9.17, 15) is 10.0 Å². The monoisotopic (exact) mass is 756 g/mol. The van der Waals surface area contributed by atoms with E-state index in [4.69, 9.17) is 14.1 Å². The van der Waals surface area contributed by atoms with Gasteiger partial charge in [-0.3, -0.25) is 0 Å². The van der Waals surface area contributed by atoms with Gasteiger partial charge in [0, 0.05) is 45.7 Å². The predicted octanol–water partition coefficient (Wildman–Crippen LogP) is 12.9. The summed E-state index contributed by atoms with van der Waals surface area (Å²) in [6.07, 6.45) is 0. The maximum Gasteiger partial charge on any atom is 0.707 e. The molecule has 0 fully saturated rings. The second-order valence-corrected chi connectivity index (χ2v) is 13.6. The lowest BCUT2D eigenvalue weighted by Gasteiger charge is -2.27. The average molecular weight is 757 g/mol. The summed E-state index contributed by atoms with van der Waals surface area (Å²) in [5.41, 5.74) is 5.71. The third kappa shape index (κ3) is 7.53. The molecule has 0 unspecified atom stereocenters. The van der Waals surface area contributed by atoms with Crippen LogP contribution in [0.15, 0.2) is 212 Å². The van der Waals surface area contributed by atoms with Crippen LogP contribution in [0.4, 0.5) is 34.1 Å². The molecule has 8 heteroatoms. The Balaban J connectivity index is 1.14. The molecular formula is C50H37BN2O5. The minimum Gasteiger partial charge on any atom is -0.506 e. The summed E-state index contributed by atoms with van der Waals surface area (Å²) in [7, 11) is -2.15. The lowest BCUT2D eigenvalue weighted by atomic mass is 10.1. The Labute approximate surface area is 337 Å². The number of rotatable bonds is 12. The Morgan fingerprint density at radius 2 is 0.707 bits per heavy atom. The molecule has 0 aliphatic carbocycles. The van der Waals surface area contributed by atoms with Crippen molar-refractivity contribution in [3.05, 3.63) is 212 Å². The van der Waals surface area contributed by atoms with Crippen molar-refractivity contribution in [2.75, 3.05) is 9.80 Å². The van der Waals surface area contributed by atoms with Gasteiger partial charge in [-0.25, -0.2) is 0 Å². The van der Waals surface area contributed by atoms with Crippen LogP contribution in [0.3, 0.4) is 0 Å². The highest BCUT2D eigenvalue weighted by molar-refractivity contribution is 6.34. The van der Waals surface area contributed by atoms with Gasteiger partial charge in [0.25, 0.3) is 0 Å². The number of nitrogens with zero attached hydrogens (tertiary/aromatic N) is 2. The number of ether oxygens (including phenoxy) is 2. The number of para-hydroxylation sites is 5. The minimum absolute atomic E-state index is 0.0212. The van der Waals surface area contributed by atoms with Crippen LogP contribution in [-0.2, 0) is 0 Å². The molecular weight excluding hydrogens is 719 g/mol. The molecule has 2 N–H and O–H groups in total. The molecule has 58 heavy (non-hydrogen) atoms. The first-order valence-corrected chi connectivity index (χ1v) is 19.0. The van der Waals surface area contributed by atoms with Gasteiger partial charge < -0.3 is 34.0 Å². The molecule has 9 aromatic carbocycles. The van der Waals surface area contributed by atoms with E-state index >= 15 is 0 Å². The smallest absolute Gasteiger partial charge is 0.506 e. The lowest BCUT2D eigenvalue weighted by molar-refractivity contribution is 0.276. The minimum atomic E-state index is -2.15. The Bertz CT molecular complexity index is 2540. The normalized spacial score (nSPS) is 10.9. The van der Waals surface area contributed by atoms with Gasteiger partial charge in [-0.15, -0.1) is 0 Å². The van der Waals surface area contributed by atoms with Crippen LogP contribution in [0.2, 0.25) is 0 Å². The Kier molecular flexibility index (Phi) is 10.2. The van der Waals surface area contributed by atoms with Crippen molar-refractivity contribution in [2.24, 2.45) is 0 Å². The topological polar surface area (TPSA) is 74.6 Å². The molecule has 7 nitrogen and oxygen atoms in total. The number of hydrogen-bond acceptors (Lipinski definition) is 7. The molecule has 0 aromatic heterocycles. The van der Waals surface area contributed by atoms with Crippen LogP contribution in [0.5, 0.6) is 28.7 Å². The fraction of sp³-hybridized carbons (Fsp3) is 0. The molecule has 9 rings (SSSR count). The van der Waals surface area contributed by atoms with Crippen molar-refractivity contribution < 1.29 is 24.2 Å². The van der Waals surface area contributed by atoms with Gasteiger partial charge >= 0.3 is 7.32 Å². The molecule has 0 aliphatic rings. The molecule has 0 atom stereocenters. The first-order valence-electron chi connectivity index (χ1n) is 19.0. The number of benzene rings is 9. The van der Waals surface area contributed by atoms with E-state index in [-0.39, 0.29) is 17.2 Å². The van der Waals surface area contributed by atoms with Crippen molar-refractivity contribution in [1.29, 1.82) is 0 Å². The van der Waals surface area contributed by atoms with E-state index in [0.29, 0.717) is 11.5 Å². The van der Waals surface area contributed by atoms with Crippen molar-refractivity contribution in [2.45, 2.75) is 0 Å². The number of anilines is 6. The van der Waals surface area contributed by atoms with E-state index < -0.39 is 7.32 Å². The van der Waals surface area contributed by atoms with Crippen LogP contribution in [-0.4, -0.2) is 17.4 Å². The summed E-state index contributed by atoms with van der Waals surface area (Å²) >= 11 is 0. The molecule has 0 heterocycles. The van der Waals surface area contributed by atoms with Gasteiger partial charge in [-0.1, -0.05) is 127 Å². The zero-order valence-electron chi connectivity index (χ0n) is 31.3. The van der Waals surface area contributed by atoms with E-state index in [2.05, 4.69) is 70.5 Å². The molecule has 280 valence electrons. The summed E-state index contributed by atoms with van der Waals surface area (Å²) in [4.78, 5) is 4.38. The van der Waals surface area contributed by atoms with E-state index in [1.165, 1.54) is 0 Å². The number of fused-ring (bicyclic) bond motifs is 2. The van der Waals surface area contributed by atoms with E-state index in [1.807, 2.05) is 133 Å². The third-order valence-corrected chi connectivity index (χ3v) is 9.79. The van der Waals surface area contributed by atoms with Crippen molar-refractivity contribution in [3.8, 4) is 28.7 Å². The molecule has 0 spiro atoms. The van der Waals surface area contributed by atoms with Crippen molar-refractivity contribution >= 4 is 63.0 Å². The highest BCUT2D eigenvalue weighted by Crippen LogP contribution is 2.47. The standard InChI is InChI=1S/C50H37BN2O5/c54-51(55)58-50-48(56-42-32-36-18-13-15-28-44(36)46(34-42)52(38-20-5-1-6-21-38)39-22-7-2-8-23-39)30-17-31-49(50)57-43-33-37-19-14-16-29-45(37)47(35-43)53(40-24-9-3-10-25-40)41-26-11-4-12-27-41/h1-35,54-55H. The molecule has 0 bridgehead atoms. The maximum atomic E-state index is 10.2. The number of hydrogen-bond donors (Lipinski definition) is 2. The van der Waals surface area contributed by atoms with Gasteiger partial charge in [-0.2, -0.15) is 0 Å². The highest BCUT2D eigenvalue weighted by atomic mass is 16.6. The summed E-state index contributed by atoms with van der Waals surface area (Å²) in [6, 6.07) is 70.1. The summed E-state index contributed by atoms with van der Waals surface area (Å²) < 4.78 is 19.0. The Morgan fingerprint density at radius 1 is 0.362 bits per heavy atom. The van der Waals surface area contributed by atoms with Gasteiger partial charge in [0.2, 0.25) is 0 Å². The summed E-state index contributed by atoms with van der Waals surface area (Å²) in [6.45, 7) is 0. The predicted molar refractivity (Wildman–Crippen MR) is 235 cm³/mol. The Hall–Kier alpha value is -7.52. The molecule has 0 radical (unpaired) electrons. The van der Waals surface area contributed by atoms with Gasteiger partial charge in [0.15, 0.2) is 17.2 Å². The van der Waals surface area contributed by atoms with Gasteiger partial charge in [0.05, 0.1) is 11.4 Å². The van der Waals surface area contributed by atoms with E-state index in [0.717, 1.165) is 55.7 Å². The van der Waals surface area contributed by atoms with Crippen molar-refractivity contribution in [3.63, 3.8) is 0 Å².